The second-order valence-electron chi connectivity index (χ2n) is 7.08. The summed E-state index contributed by atoms with van der Waals surface area (Å²) in [5, 5.41) is 5.77. The van der Waals surface area contributed by atoms with Gasteiger partial charge in [0.1, 0.15) is 11.4 Å². The molecule has 0 aliphatic carbocycles. The number of aryl methyl sites for hydroxylation is 1. The van der Waals surface area contributed by atoms with Crippen LogP contribution in [0.2, 0.25) is 0 Å². The Hall–Kier alpha value is -3.09. The second-order valence-corrected chi connectivity index (χ2v) is 7.08. The fraction of sp³-hybridized carbons (Fsp3) is 0.304. The molecule has 3 aromatic rings. The van der Waals surface area contributed by atoms with Crippen LogP contribution in [0.4, 0.5) is 36.3 Å². The number of nitrogens with zero attached hydrogens (tertiary/aromatic N) is 2. The molecule has 7 heteroatoms. The summed E-state index contributed by atoms with van der Waals surface area (Å²) in [6.45, 7) is 2.16. The zero-order chi connectivity index (χ0) is 21.4. The number of unbranched alkanes of at least 4 members (excludes halogenated alkanes) is 3. The molecule has 0 aliphatic heterocycles. The van der Waals surface area contributed by atoms with Crippen LogP contribution in [0.3, 0.4) is 0 Å². The topological polar surface area (TPSA) is 49.8 Å². The molecule has 30 heavy (non-hydrogen) atoms. The number of para-hydroxylation sites is 1. The lowest BCUT2D eigenvalue weighted by atomic mass is 10.1. The fourth-order valence-electron chi connectivity index (χ4n) is 3.09. The Morgan fingerprint density at radius 1 is 0.867 bits per heavy atom. The highest BCUT2D eigenvalue weighted by Gasteiger charge is 2.35. The third-order valence-corrected chi connectivity index (χ3v) is 4.63. The molecule has 0 bridgehead atoms. The molecule has 0 atom stereocenters. The minimum atomic E-state index is -4.56. The van der Waals surface area contributed by atoms with Crippen molar-refractivity contribution in [3.8, 4) is 0 Å². The quantitative estimate of drug-likeness (QED) is 0.367. The van der Waals surface area contributed by atoms with Gasteiger partial charge in [0.2, 0.25) is 5.95 Å². The predicted octanol–water partition coefficient (Wildman–Crippen LogP) is 7.11. The summed E-state index contributed by atoms with van der Waals surface area (Å²) in [7, 11) is 0. The van der Waals surface area contributed by atoms with Gasteiger partial charge in [-0.2, -0.15) is 18.2 Å². The molecular formula is C23H25F3N4. The van der Waals surface area contributed by atoms with Crippen LogP contribution in [0, 0.1) is 0 Å². The summed E-state index contributed by atoms with van der Waals surface area (Å²) in [5.41, 5.74) is 1.44. The van der Waals surface area contributed by atoms with Crippen LogP contribution in [0.25, 0.3) is 0 Å². The number of hydrogen-bond donors (Lipinski definition) is 2. The van der Waals surface area contributed by atoms with Gasteiger partial charge in [-0.1, -0.05) is 56.5 Å². The number of rotatable bonds is 9. The first kappa shape index (κ1) is 21.6. The van der Waals surface area contributed by atoms with E-state index in [1.807, 2.05) is 36.4 Å². The number of anilines is 4. The van der Waals surface area contributed by atoms with E-state index in [0.29, 0.717) is 11.4 Å². The molecule has 4 nitrogen and oxygen atoms in total. The van der Waals surface area contributed by atoms with E-state index in [1.165, 1.54) is 6.42 Å². The van der Waals surface area contributed by atoms with Crippen LogP contribution in [0.1, 0.15) is 43.7 Å². The number of halogens is 3. The van der Waals surface area contributed by atoms with Gasteiger partial charge < -0.3 is 10.6 Å². The van der Waals surface area contributed by atoms with Crippen LogP contribution in [0.15, 0.2) is 60.8 Å². The van der Waals surface area contributed by atoms with E-state index in [-0.39, 0.29) is 11.8 Å². The smallest absolute Gasteiger partial charge is 0.340 e. The standard InChI is InChI=1S/C23H25F3N4/c1-2-3-4-6-10-17-11-9-14-19(15-17)28-21-20(23(24,25)26)16-27-22(30-21)29-18-12-7-5-8-13-18/h5,7-9,11-16H,2-4,6,10H2,1H3,(H2,27,28,29,30). The predicted molar refractivity (Wildman–Crippen MR) is 114 cm³/mol. The summed E-state index contributed by atoms with van der Waals surface area (Å²) in [6.07, 6.45) is 1.68. The van der Waals surface area contributed by atoms with Crippen LogP contribution in [-0.2, 0) is 12.6 Å². The Balaban J connectivity index is 1.81. The van der Waals surface area contributed by atoms with Crippen molar-refractivity contribution >= 4 is 23.1 Å². The first-order chi connectivity index (χ1) is 14.5. The Bertz CT molecular complexity index is 943. The number of aromatic nitrogens is 2. The van der Waals surface area contributed by atoms with Crippen molar-refractivity contribution in [1.82, 2.24) is 9.97 Å². The van der Waals surface area contributed by atoms with E-state index < -0.39 is 11.7 Å². The first-order valence-corrected chi connectivity index (χ1v) is 10.1. The number of nitrogens with one attached hydrogen (secondary N) is 2. The molecular weight excluding hydrogens is 389 g/mol. The highest BCUT2D eigenvalue weighted by molar-refractivity contribution is 5.63. The lowest BCUT2D eigenvalue weighted by Gasteiger charge is -2.15. The van der Waals surface area contributed by atoms with Gasteiger partial charge in [-0.25, -0.2) is 4.98 Å². The van der Waals surface area contributed by atoms with Crippen LogP contribution in [0.5, 0.6) is 0 Å². The van der Waals surface area contributed by atoms with E-state index in [1.54, 1.807) is 18.2 Å². The largest absolute Gasteiger partial charge is 0.421 e. The summed E-state index contributed by atoms with van der Waals surface area (Å²) >= 11 is 0. The van der Waals surface area contributed by atoms with Crippen LogP contribution >= 0.6 is 0 Å². The van der Waals surface area contributed by atoms with E-state index >= 15 is 0 Å². The number of alkyl halides is 3. The summed E-state index contributed by atoms with van der Waals surface area (Å²) in [5.74, 6) is -0.188. The number of benzene rings is 2. The van der Waals surface area contributed by atoms with Crippen LogP contribution < -0.4 is 10.6 Å². The Morgan fingerprint density at radius 3 is 2.37 bits per heavy atom. The fourth-order valence-corrected chi connectivity index (χ4v) is 3.09. The van der Waals surface area contributed by atoms with Gasteiger partial charge >= 0.3 is 6.18 Å². The van der Waals surface area contributed by atoms with Crippen molar-refractivity contribution in [3.63, 3.8) is 0 Å². The third-order valence-electron chi connectivity index (χ3n) is 4.63. The minimum absolute atomic E-state index is 0.0902. The van der Waals surface area contributed by atoms with Crippen LogP contribution in [-0.4, -0.2) is 9.97 Å². The zero-order valence-electron chi connectivity index (χ0n) is 16.8. The molecule has 2 aromatic carbocycles. The van der Waals surface area contributed by atoms with Crippen molar-refractivity contribution in [1.29, 1.82) is 0 Å². The number of hydrogen-bond acceptors (Lipinski definition) is 4. The normalized spacial score (nSPS) is 11.3. The average Bonchev–Trinajstić information content (AvgIpc) is 2.72. The van der Waals surface area contributed by atoms with Crippen molar-refractivity contribution in [3.05, 3.63) is 71.9 Å². The van der Waals surface area contributed by atoms with Crippen molar-refractivity contribution in [2.75, 3.05) is 10.6 Å². The summed E-state index contributed by atoms with van der Waals surface area (Å²) < 4.78 is 40.5. The van der Waals surface area contributed by atoms with Gasteiger partial charge in [-0.15, -0.1) is 0 Å². The molecule has 3 rings (SSSR count). The second kappa shape index (κ2) is 10.1. The SMILES string of the molecule is CCCCCCc1cccc(Nc2nc(Nc3ccccc3)ncc2C(F)(F)F)c1. The maximum atomic E-state index is 13.5. The lowest BCUT2D eigenvalue weighted by molar-refractivity contribution is -0.137. The maximum absolute atomic E-state index is 13.5. The maximum Gasteiger partial charge on any atom is 0.421 e. The van der Waals surface area contributed by atoms with E-state index in [4.69, 9.17) is 0 Å². The summed E-state index contributed by atoms with van der Waals surface area (Å²) in [4.78, 5) is 7.93. The van der Waals surface area contributed by atoms with Crippen molar-refractivity contribution < 1.29 is 13.2 Å². The molecule has 0 amide bonds. The molecule has 0 unspecified atom stereocenters. The molecule has 0 spiro atoms. The van der Waals surface area contributed by atoms with Gasteiger partial charge in [0, 0.05) is 17.6 Å². The van der Waals surface area contributed by atoms with Gasteiger partial charge in [0.15, 0.2) is 0 Å². The zero-order valence-corrected chi connectivity index (χ0v) is 16.8. The molecule has 1 aromatic heterocycles. The van der Waals surface area contributed by atoms with Gasteiger partial charge in [-0.3, -0.25) is 0 Å². The van der Waals surface area contributed by atoms with E-state index in [2.05, 4.69) is 27.5 Å². The first-order valence-electron chi connectivity index (χ1n) is 10.1. The van der Waals surface area contributed by atoms with Crippen molar-refractivity contribution in [2.24, 2.45) is 0 Å². The molecule has 0 aliphatic rings. The molecule has 0 saturated heterocycles. The van der Waals surface area contributed by atoms with Gasteiger partial charge in [0.05, 0.1) is 0 Å². The molecule has 2 N–H and O–H groups in total. The molecule has 158 valence electrons. The van der Waals surface area contributed by atoms with Gasteiger partial charge in [0.25, 0.3) is 0 Å². The third kappa shape index (κ3) is 6.20. The monoisotopic (exact) mass is 414 g/mol. The average molecular weight is 414 g/mol. The highest BCUT2D eigenvalue weighted by Crippen LogP contribution is 2.35. The summed E-state index contributed by atoms with van der Waals surface area (Å²) in [6, 6.07) is 16.5. The Labute approximate surface area is 174 Å². The minimum Gasteiger partial charge on any atom is -0.340 e. The molecule has 0 saturated carbocycles. The molecule has 0 radical (unpaired) electrons. The lowest BCUT2D eigenvalue weighted by Crippen LogP contribution is -2.12. The molecule has 1 heterocycles. The van der Waals surface area contributed by atoms with Crippen molar-refractivity contribution in [2.45, 2.75) is 45.2 Å². The molecule has 0 fully saturated rings. The van der Waals surface area contributed by atoms with E-state index in [9.17, 15) is 13.2 Å². The Kier molecular flexibility index (Phi) is 7.27. The Morgan fingerprint density at radius 2 is 1.63 bits per heavy atom. The van der Waals surface area contributed by atoms with Gasteiger partial charge in [-0.05, 0) is 42.7 Å². The highest BCUT2D eigenvalue weighted by atomic mass is 19.4. The van der Waals surface area contributed by atoms with E-state index in [0.717, 1.165) is 37.4 Å².